The van der Waals surface area contributed by atoms with E-state index in [0.29, 0.717) is 34.6 Å². The molecule has 2 heterocycles. The van der Waals surface area contributed by atoms with E-state index in [-0.39, 0.29) is 0 Å². The summed E-state index contributed by atoms with van der Waals surface area (Å²) in [5, 5.41) is 9.78. The van der Waals surface area contributed by atoms with Crippen molar-refractivity contribution in [3.8, 4) is 28.8 Å². The lowest BCUT2D eigenvalue weighted by Gasteiger charge is -2.10. The zero-order chi connectivity index (χ0) is 21.4. The Hall–Kier alpha value is -3.38. The van der Waals surface area contributed by atoms with Crippen molar-refractivity contribution in [2.45, 2.75) is 32.8 Å². The lowest BCUT2D eigenvalue weighted by Crippen LogP contribution is -1.98. The van der Waals surface area contributed by atoms with Gasteiger partial charge in [-0.3, -0.25) is 0 Å². The quantitative estimate of drug-likeness (QED) is 0.408. The zero-order valence-corrected chi connectivity index (χ0v) is 17.5. The van der Waals surface area contributed by atoms with Crippen LogP contribution in [0.5, 0.6) is 17.2 Å². The molecule has 1 aliphatic rings. The van der Waals surface area contributed by atoms with Gasteiger partial charge in [0.25, 0.3) is 0 Å². The number of aryl methyl sites for hydroxylation is 1. The third-order valence-corrected chi connectivity index (χ3v) is 5.37. The first-order valence-electron chi connectivity index (χ1n) is 10.5. The number of hydrogen-bond donors (Lipinski definition) is 1. The molecule has 1 aliphatic carbocycles. The number of fused-ring (bicyclic) bond motifs is 1. The van der Waals surface area contributed by atoms with Gasteiger partial charge < -0.3 is 19.0 Å². The van der Waals surface area contributed by atoms with Crippen LogP contribution in [-0.4, -0.2) is 21.7 Å². The fourth-order valence-electron chi connectivity index (χ4n) is 3.39. The number of aromatic nitrogens is 2. The number of benzene rings is 2. The molecule has 4 aromatic rings. The third-order valence-electron chi connectivity index (χ3n) is 5.37. The molecule has 6 nitrogen and oxygen atoms in total. The highest BCUT2D eigenvalue weighted by atomic mass is 16.5. The van der Waals surface area contributed by atoms with E-state index in [0.717, 1.165) is 29.0 Å². The van der Waals surface area contributed by atoms with E-state index in [1.165, 1.54) is 12.8 Å². The fourth-order valence-corrected chi connectivity index (χ4v) is 3.39. The van der Waals surface area contributed by atoms with Crippen LogP contribution >= 0.6 is 0 Å². The van der Waals surface area contributed by atoms with Crippen LogP contribution in [0.25, 0.3) is 22.7 Å². The molecule has 1 saturated carbocycles. The van der Waals surface area contributed by atoms with E-state index in [1.54, 1.807) is 13.1 Å². The van der Waals surface area contributed by atoms with Gasteiger partial charge in [0.15, 0.2) is 5.58 Å². The minimum Gasteiger partial charge on any atom is -0.493 e. The van der Waals surface area contributed by atoms with Crippen LogP contribution < -0.4 is 9.47 Å². The first-order chi connectivity index (χ1) is 15.0. The van der Waals surface area contributed by atoms with Gasteiger partial charge in [-0.25, -0.2) is 9.97 Å². The molecule has 0 aliphatic heterocycles. The SMILES string of the molecule is Cc1cc(Oc2cccc(OCC3CC3)c2)cnc1-c1nc2ccc(C(C)O)cc2o1. The molecule has 0 spiro atoms. The standard InChI is InChI=1S/C25H24N2O4/c1-15-10-21(30-20-5-3-4-19(12-20)29-14-17-6-7-17)13-26-24(15)25-27-22-9-8-18(16(2)28)11-23(22)31-25/h3-5,8-13,16-17,28H,6-7,14H2,1-2H3. The van der Waals surface area contributed by atoms with Crippen molar-refractivity contribution in [1.29, 1.82) is 0 Å². The molecule has 1 fully saturated rings. The summed E-state index contributed by atoms with van der Waals surface area (Å²) in [6, 6.07) is 15.1. The first kappa shape index (κ1) is 19.6. The van der Waals surface area contributed by atoms with Crippen molar-refractivity contribution in [2.24, 2.45) is 5.92 Å². The monoisotopic (exact) mass is 416 g/mol. The van der Waals surface area contributed by atoms with Gasteiger partial charge in [0.2, 0.25) is 5.89 Å². The Labute approximate surface area is 180 Å². The molecule has 2 aromatic heterocycles. The molecular formula is C25H24N2O4. The summed E-state index contributed by atoms with van der Waals surface area (Å²) < 4.78 is 17.7. The van der Waals surface area contributed by atoms with Crippen LogP contribution in [-0.2, 0) is 0 Å². The van der Waals surface area contributed by atoms with Crippen LogP contribution in [0.4, 0.5) is 0 Å². The highest BCUT2D eigenvalue weighted by molar-refractivity contribution is 5.77. The van der Waals surface area contributed by atoms with Gasteiger partial charge in [-0.05, 0) is 74.1 Å². The molecule has 0 radical (unpaired) electrons. The molecule has 158 valence electrons. The summed E-state index contributed by atoms with van der Waals surface area (Å²) in [6.07, 6.45) is 3.62. The first-order valence-corrected chi connectivity index (χ1v) is 10.5. The van der Waals surface area contributed by atoms with Crippen molar-refractivity contribution >= 4 is 11.1 Å². The highest BCUT2D eigenvalue weighted by Crippen LogP contribution is 2.32. The largest absolute Gasteiger partial charge is 0.493 e. The van der Waals surface area contributed by atoms with Gasteiger partial charge in [0.05, 0.1) is 18.9 Å². The second-order valence-corrected chi connectivity index (χ2v) is 8.09. The average Bonchev–Trinajstić information content (AvgIpc) is 3.49. The van der Waals surface area contributed by atoms with Crippen molar-refractivity contribution < 1.29 is 19.0 Å². The predicted octanol–water partition coefficient (Wildman–Crippen LogP) is 5.83. The minimum atomic E-state index is -0.563. The number of hydrogen-bond acceptors (Lipinski definition) is 6. The van der Waals surface area contributed by atoms with Gasteiger partial charge in [-0.2, -0.15) is 0 Å². The minimum absolute atomic E-state index is 0.442. The Morgan fingerprint density at radius 2 is 1.94 bits per heavy atom. The third kappa shape index (κ3) is 4.39. The lowest BCUT2D eigenvalue weighted by molar-refractivity contribution is 0.199. The van der Waals surface area contributed by atoms with Crippen molar-refractivity contribution in [3.63, 3.8) is 0 Å². The van der Waals surface area contributed by atoms with Crippen LogP contribution in [0.1, 0.15) is 37.0 Å². The molecule has 0 saturated heterocycles. The smallest absolute Gasteiger partial charge is 0.246 e. The molecule has 0 amide bonds. The maximum absolute atomic E-state index is 9.78. The number of oxazole rings is 1. The second-order valence-electron chi connectivity index (χ2n) is 8.09. The van der Waals surface area contributed by atoms with E-state index in [9.17, 15) is 5.11 Å². The molecule has 5 rings (SSSR count). The lowest BCUT2D eigenvalue weighted by atomic mass is 10.1. The fraction of sp³-hybridized carbons (Fsp3) is 0.280. The van der Waals surface area contributed by atoms with E-state index in [1.807, 2.05) is 55.5 Å². The van der Waals surface area contributed by atoms with E-state index >= 15 is 0 Å². The maximum Gasteiger partial charge on any atom is 0.246 e. The van der Waals surface area contributed by atoms with Crippen LogP contribution in [0.2, 0.25) is 0 Å². The molecule has 6 heteroatoms. The second kappa shape index (κ2) is 8.04. The normalized spacial score (nSPS) is 14.5. The van der Waals surface area contributed by atoms with Gasteiger partial charge in [-0.1, -0.05) is 12.1 Å². The van der Waals surface area contributed by atoms with E-state index < -0.39 is 6.10 Å². The Morgan fingerprint density at radius 1 is 1.10 bits per heavy atom. The summed E-state index contributed by atoms with van der Waals surface area (Å²) in [5.74, 6) is 3.29. The van der Waals surface area contributed by atoms with Crippen molar-refractivity contribution in [2.75, 3.05) is 6.61 Å². The Bertz CT molecular complexity index is 1230. The maximum atomic E-state index is 9.78. The molecule has 2 aromatic carbocycles. The number of nitrogens with zero attached hydrogens (tertiary/aromatic N) is 2. The summed E-state index contributed by atoms with van der Waals surface area (Å²) in [6.45, 7) is 4.43. The Balaban J connectivity index is 1.35. The summed E-state index contributed by atoms with van der Waals surface area (Å²) in [4.78, 5) is 9.07. The van der Waals surface area contributed by atoms with Gasteiger partial charge >= 0.3 is 0 Å². The van der Waals surface area contributed by atoms with E-state index in [4.69, 9.17) is 13.9 Å². The molecule has 1 atom stereocenters. The van der Waals surface area contributed by atoms with Crippen molar-refractivity contribution in [1.82, 2.24) is 9.97 Å². The molecule has 31 heavy (non-hydrogen) atoms. The number of rotatable bonds is 7. The predicted molar refractivity (Wildman–Crippen MR) is 117 cm³/mol. The summed E-state index contributed by atoms with van der Waals surface area (Å²) in [5.41, 5.74) is 3.68. The number of aliphatic hydroxyl groups is 1. The number of pyridine rings is 1. The Morgan fingerprint density at radius 3 is 2.71 bits per heavy atom. The van der Waals surface area contributed by atoms with Crippen molar-refractivity contribution in [3.05, 3.63) is 65.9 Å². The average molecular weight is 416 g/mol. The topological polar surface area (TPSA) is 77.6 Å². The highest BCUT2D eigenvalue weighted by Gasteiger charge is 2.22. The summed E-state index contributed by atoms with van der Waals surface area (Å²) >= 11 is 0. The number of aliphatic hydroxyl groups excluding tert-OH is 1. The van der Waals surface area contributed by atoms with E-state index in [2.05, 4.69) is 9.97 Å². The summed E-state index contributed by atoms with van der Waals surface area (Å²) in [7, 11) is 0. The molecular weight excluding hydrogens is 392 g/mol. The molecule has 0 bridgehead atoms. The molecule has 1 N–H and O–H groups in total. The Kier molecular flexibility index (Phi) is 5.08. The van der Waals surface area contributed by atoms with Gasteiger partial charge in [0, 0.05) is 6.07 Å². The van der Waals surface area contributed by atoms with Crippen LogP contribution in [0, 0.1) is 12.8 Å². The van der Waals surface area contributed by atoms with Gasteiger partial charge in [-0.15, -0.1) is 0 Å². The van der Waals surface area contributed by atoms with Crippen LogP contribution in [0.3, 0.4) is 0 Å². The zero-order valence-electron chi connectivity index (χ0n) is 17.5. The molecule has 1 unspecified atom stereocenters. The van der Waals surface area contributed by atoms with Crippen LogP contribution in [0.15, 0.2) is 59.1 Å². The van der Waals surface area contributed by atoms with Gasteiger partial charge in [0.1, 0.15) is 28.5 Å². The number of ether oxygens (including phenoxy) is 2.